The number of aliphatic hydroxyl groups is 1. The average molecular weight is 453 g/mol. The lowest BCUT2D eigenvalue weighted by atomic mass is 9.87. The van der Waals surface area contributed by atoms with E-state index in [0.29, 0.717) is 12.4 Å². The lowest BCUT2D eigenvalue weighted by Gasteiger charge is -2.28. The minimum atomic E-state index is -1.10. The van der Waals surface area contributed by atoms with Gasteiger partial charge in [-0.3, -0.25) is 4.99 Å². The van der Waals surface area contributed by atoms with Gasteiger partial charge in [0.15, 0.2) is 5.96 Å². The van der Waals surface area contributed by atoms with Gasteiger partial charge in [0.2, 0.25) is 0 Å². The van der Waals surface area contributed by atoms with Crippen LogP contribution in [-0.4, -0.2) is 23.1 Å². The zero-order chi connectivity index (χ0) is 17.6. The summed E-state index contributed by atoms with van der Waals surface area (Å²) in [4.78, 5) is 4.39. The molecule has 0 saturated heterocycles. The van der Waals surface area contributed by atoms with Crippen LogP contribution in [0.3, 0.4) is 0 Å². The molecule has 0 spiro atoms. The fourth-order valence-corrected chi connectivity index (χ4v) is 2.57. The second kappa shape index (κ2) is 9.20. The van der Waals surface area contributed by atoms with Gasteiger partial charge in [0.05, 0.1) is 6.54 Å². The molecule has 1 atom stereocenters. The maximum atomic E-state index is 11.3. The summed E-state index contributed by atoms with van der Waals surface area (Å²) >= 11 is 0. The SMILES string of the molecule is CC(C)(C)NC(N)=NCC(O)(Cc1ccccc1)c1ccccc1.I. The van der Waals surface area contributed by atoms with Crippen molar-refractivity contribution < 1.29 is 5.11 Å². The third-order valence-corrected chi connectivity index (χ3v) is 3.66. The molecule has 25 heavy (non-hydrogen) atoms. The smallest absolute Gasteiger partial charge is 0.189 e. The van der Waals surface area contributed by atoms with E-state index in [1.807, 2.05) is 81.4 Å². The molecule has 1 unspecified atom stereocenters. The predicted molar refractivity (Wildman–Crippen MR) is 115 cm³/mol. The Kier molecular flexibility index (Phi) is 7.89. The van der Waals surface area contributed by atoms with E-state index in [1.54, 1.807) is 0 Å². The molecule has 2 aromatic carbocycles. The Labute approximate surface area is 167 Å². The van der Waals surface area contributed by atoms with Crippen LogP contribution < -0.4 is 11.1 Å². The Morgan fingerprint density at radius 3 is 2.04 bits per heavy atom. The van der Waals surface area contributed by atoms with Crippen LogP contribution >= 0.6 is 24.0 Å². The van der Waals surface area contributed by atoms with Crippen LogP contribution in [0.2, 0.25) is 0 Å². The quantitative estimate of drug-likeness (QED) is 0.369. The molecule has 0 saturated carbocycles. The summed E-state index contributed by atoms with van der Waals surface area (Å²) in [6.07, 6.45) is 0.476. The fourth-order valence-electron chi connectivity index (χ4n) is 2.57. The van der Waals surface area contributed by atoms with Crippen LogP contribution in [0.25, 0.3) is 0 Å². The van der Waals surface area contributed by atoms with Gasteiger partial charge in [-0.25, -0.2) is 0 Å². The molecule has 5 heteroatoms. The third kappa shape index (κ3) is 7.04. The van der Waals surface area contributed by atoms with Crippen LogP contribution in [0.5, 0.6) is 0 Å². The summed E-state index contributed by atoms with van der Waals surface area (Å²) in [5.41, 5.74) is 6.58. The number of aliphatic imine (C=N–C) groups is 1. The Morgan fingerprint density at radius 1 is 1.00 bits per heavy atom. The van der Waals surface area contributed by atoms with Crippen molar-refractivity contribution in [3.63, 3.8) is 0 Å². The average Bonchev–Trinajstić information content (AvgIpc) is 2.53. The zero-order valence-corrected chi connectivity index (χ0v) is 17.4. The Bertz CT molecular complexity index is 668. The topological polar surface area (TPSA) is 70.6 Å². The van der Waals surface area contributed by atoms with Gasteiger partial charge in [0.25, 0.3) is 0 Å². The molecule has 0 bridgehead atoms. The van der Waals surface area contributed by atoms with E-state index in [2.05, 4.69) is 10.3 Å². The number of benzene rings is 2. The zero-order valence-electron chi connectivity index (χ0n) is 15.1. The number of rotatable bonds is 5. The fraction of sp³-hybridized carbons (Fsp3) is 0.350. The van der Waals surface area contributed by atoms with E-state index >= 15 is 0 Å². The minimum absolute atomic E-state index is 0. The first-order chi connectivity index (χ1) is 11.3. The summed E-state index contributed by atoms with van der Waals surface area (Å²) in [5, 5.41) is 14.4. The molecule has 0 aliphatic heterocycles. The van der Waals surface area contributed by atoms with Gasteiger partial charge in [-0.05, 0) is 31.9 Å². The normalized spacial score (nSPS) is 14.3. The number of hydrogen-bond acceptors (Lipinski definition) is 2. The largest absolute Gasteiger partial charge is 0.383 e. The lowest BCUT2D eigenvalue weighted by molar-refractivity contribution is 0.0467. The van der Waals surface area contributed by atoms with Crippen LogP contribution in [-0.2, 0) is 12.0 Å². The second-order valence-corrected chi connectivity index (χ2v) is 7.14. The third-order valence-electron chi connectivity index (χ3n) is 3.66. The Morgan fingerprint density at radius 2 is 1.52 bits per heavy atom. The Balaban J connectivity index is 0.00000312. The highest BCUT2D eigenvalue weighted by molar-refractivity contribution is 14.0. The van der Waals surface area contributed by atoms with E-state index in [9.17, 15) is 5.11 Å². The molecule has 4 nitrogen and oxygen atoms in total. The molecule has 4 N–H and O–H groups in total. The first kappa shape index (κ1) is 21.4. The minimum Gasteiger partial charge on any atom is -0.383 e. The molecule has 0 radical (unpaired) electrons. The van der Waals surface area contributed by atoms with Crippen molar-refractivity contribution in [1.29, 1.82) is 0 Å². The molecule has 0 aliphatic carbocycles. The monoisotopic (exact) mass is 453 g/mol. The number of guanidine groups is 1. The van der Waals surface area contributed by atoms with Gasteiger partial charge in [-0.2, -0.15) is 0 Å². The number of halogens is 1. The maximum absolute atomic E-state index is 11.3. The van der Waals surface area contributed by atoms with Crippen LogP contribution in [0, 0.1) is 0 Å². The van der Waals surface area contributed by atoms with E-state index in [4.69, 9.17) is 5.73 Å². The molecule has 2 aromatic rings. The molecular weight excluding hydrogens is 425 g/mol. The molecule has 136 valence electrons. The summed E-state index contributed by atoms with van der Waals surface area (Å²) in [6, 6.07) is 19.6. The van der Waals surface area contributed by atoms with Crippen molar-refractivity contribution in [3.05, 3.63) is 71.8 Å². The number of nitrogens with two attached hydrogens (primary N) is 1. The van der Waals surface area contributed by atoms with Gasteiger partial charge in [-0.15, -0.1) is 24.0 Å². The van der Waals surface area contributed by atoms with Crippen molar-refractivity contribution in [2.24, 2.45) is 10.7 Å². The maximum Gasteiger partial charge on any atom is 0.189 e. The van der Waals surface area contributed by atoms with Crippen molar-refractivity contribution in [2.45, 2.75) is 38.3 Å². The first-order valence-electron chi connectivity index (χ1n) is 8.18. The molecule has 0 fully saturated rings. The molecule has 0 heterocycles. The molecular formula is C20H28IN3O. The highest BCUT2D eigenvalue weighted by Gasteiger charge is 2.29. The van der Waals surface area contributed by atoms with Gasteiger partial charge in [0.1, 0.15) is 5.60 Å². The van der Waals surface area contributed by atoms with E-state index in [-0.39, 0.29) is 36.1 Å². The lowest BCUT2D eigenvalue weighted by Crippen LogP contribution is -2.46. The van der Waals surface area contributed by atoms with E-state index < -0.39 is 5.60 Å². The molecule has 0 aliphatic rings. The van der Waals surface area contributed by atoms with E-state index in [1.165, 1.54) is 0 Å². The molecule has 0 amide bonds. The molecule has 0 aromatic heterocycles. The van der Waals surface area contributed by atoms with Crippen LogP contribution in [0.15, 0.2) is 65.7 Å². The Hall–Kier alpha value is -1.60. The molecule has 2 rings (SSSR count). The summed E-state index contributed by atoms with van der Waals surface area (Å²) in [7, 11) is 0. The van der Waals surface area contributed by atoms with Crippen LogP contribution in [0.4, 0.5) is 0 Å². The van der Waals surface area contributed by atoms with Crippen molar-refractivity contribution in [2.75, 3.05) is 6.54 Å². The number of nitrogens with zero attached hydrogens (tertiary/aromatic N) is 1. The summed E-state index contributed by atoms with van der Waals surface area (Å²) in [6.45, 7) is 6.25. The number of hydrogen-bond donors (Lipinski definition) is 3. The highest BCUT2D eigenvalue weighted by atomic mass is 127. The summed E-state index contributed by atoms with van der Waals surface area (Å²) < 4.78 is 0. The summed E-state index contributed by atoms with van der Waals surface area (Å²) in [5.74, 6) is 0.338. The van der Waals surface area contributed by atoms with Crippen LogP contribution in [0.1, 0.15) is 31.9 Å². The van der Waals surface area contributed by atoms with Gasteiger partial charge < -0.3 is 16.2 Å². The van der Waals surface area contributed by atoms with Crippen molar-refractivity contribution in [3.8, 4) is 0 Å². The second-order valence-electron chi connectivity index (χ2n) is 7.14. The van der Waals surface area contributed by atoms with Crippen molar-refractivity contribution in [1.82, 2.24) is 5.32 Å². The van der Waals surface area contributed by atoms with E-state index in [0.717, 1.165) is 11.1 Å². The standard InChI is InChI=1S/C20H27N3O.HI/c1-19(2,3)23-18(21)22-15-20(24,17-12-8-5-9-13-17)14-16-10-6-4-7-11-16;/h4-13,24H,14-15H2,1-3H3,(H3,21,22,23);1H. The highest BCUT2D eigenvalue weighted by Crippen LogP contribution is 2.26. The van der Waals surface area contributed by atoms with Gasteiger partial charge in [0, 0.05) is 12.0 Å². The van der Waals surface area contributed by atoms with Gasteiger partial charge >= 0.3 is 0 Å². The van der Waals surface area contributed by atoms with Gasteiger partial charge in [-0.1, -0.05) is 60.7 Å². The van der Waals surface area contributed by atoms with Crippen molar-refractivity contribution >= 4 is 29.9 Å². The first-order valence-corrected chi connectivity index (χ1v) is 8.18. The predicted octanol–water partition coefficient (Wildman–Crippen LogP) is 3.44. The number of nitrogens with one attached hydrogen (secondary N) is 1.